The highest BCUT2D eigenvalue weighted by molar-refractivity contribution is 7.92. The number of carboxylic acid groups (broad SMARTS) is 1. The van der Waals surface area contributed by atoms with Gasteiger partial charge < -0.3 is 14.9 Å². The molecule has 0 saturated heterocycles. The maximum Gasteiger partial charge on any atom is 0.416 e. The molecule has 11 heteroatoms. The number of nitrogens with zero attached hydrogens (tertiary/aromatic N) is 1. The molecule has 3 aromatic carbocycles. The molecule has 0 aliphatic heterocycles. The lowest BCUT2D eigenvalue weighted by Crippen LogP contribution is -2.34. The number of hydrogen-bond acceptors (Lipinski definition) is 5. The van der Waals surface area contributed by atoms with Gasteiger partial charge in [-0.3, -0.25) is 4.31 Å². The fourth-order valence-electron chi connectivity index (χ4n) is 3.10. The molecule has 0 radical (unpaired) electrons. The molecule has 0 spiro atoms. The van der Waals surface area contributed by atoms with Crippen LogP contribution in [0.3, 0.4) is 0 Å². The van der Waals surface area contributed by atoms with E-state index >= 15 is 0 Å². The molecule has 7 nitrogen and oxygen atoms in total. The summed E-state index contributed by atoms with van der Waals surface area (Å²) >= 11 is 0. The van der Waals surface area contributed by atoms with Crippen LogP contribution in [0.15, 0.2) is 77.7 Å². The Morgan fingerprint density at radius 3 is 2.18 bits per heavy atom. The highest BCUT2D eigenvalue weighted by Gasteiger charge is 2.34. The highest BCUT2D eigenvalue weighted by atomic mass is 32.2. The minimum absolute atomic E-state index is 0.0436. The molecule has 0 atom stereocenters. The Balaban J connectivity index is 2.04. The molecule has 0 bridgehead atoms. The largest absolute Gasteiger partial charge is 0.487 e. The minimum Gasteiger partial charge on any atom is -0.487 e. The molecule has 180 valence electrons. The van der Waals surface area contributed by atoms with Crippen LogP contribution < -0.4 is 9.04 Å². The van der Waals surface area contributed by atoms with Gasteiger partial charge in [-0.15, -0.1) is 0 Å². The number of carboxylic acids is 1. The lowest BCUT2D eigenvalue weighted by Gasteiger charge is -2.26. The van der Waals surface area contributed by atoms with E-state index in [9.17, 15) is 31.5 Å². The Hall–Kier alpha value is -3.57. The first-order chi connectivity index (χ1) is 16.0. The van der Waals surface area contributed by atoms with Crippen molar-refractivity contribution in [3.8, 4) is 5.75 Å². The summed E-state index contributed by atoms with van der Waals surface area (Å²) in [5, 5.41) is 18.5. The fraction of sp³-hybridized carbons (Fsp3) is 0.174. The summed E-state index contributed by atoms with van der Waals surface area (Å²) in [6.07, 6.45) is -4.75. The van der Waals surface area contributed by atoms with E-state index in [1.54, 1.807) is 6.07 Å². The molecular formula is C23H20F3NO6S. The SMILES string of the molecule is O=C(O)c1ccc(COc2ccc(C(F)(F)F)cc2N(CCO)S(=O)(=O)c2ccccc2)cc1. The van der Waals surface area contributed by atoms with Crippen molar-refractivity contribution in [3.05, 3.63) is 89.5 Å². The first-order valence-corrected chi connectivity index (χ1v) is 11.3. The number of hydrogen-bond donors (Lipinski definition) is 2. The third-order valence-corrected chi connectivity index (χ3v) is 6.61. The Morgan fingerprint density at radius 2 is 1.62 bits per heavy atom. The number of sulfonamides is 1. The summed E-state index contributed by atoms with van der Waals surface area (Å²) in [6.45, 7) is -1.34. The average molecular weight is 495 g/mol. The lowest BCUT2D eigenvalue weighted by atomic mass is 10.1. The Morgan fingerprint density at radius 1 is 0.971 bits per heavy atom. The average Bonchev–Trinajstić information content (AvgIpc) is 2.81. The molecule has 0 amide bonds. The van der Waals surface area contributed by atoms with Crippen LogP contribution in [0.1, 0.15) is 21.5 Å². The van der Waals surface area contributed by atoms with Crippen molar-refractivity contribution < 1.29 is 41.3 Å². The van der Waals surface area contributed by atoms with Crippen LogP contribution in [-0.2, 0) is 22.8 Å². The van der Waals surface area contributed by atoms with Crippen molar-refractivity contribution in [1.82, 2.24) is 0 Å². The number of aliphatic hydroxyl groups excluding tert-OH is 1. The van der Waals surface area contributed by atoms with Gasteiger partial charge in [-0.25, -0.2) is 13.2 Å². The maximum atomic E-state index is 13.4. The number of alkyl halides is 3. The van der Waals surface area contributed by atoms with Gasteiger partial charge in [0.15, 0.2) is 0 Å². The summed E-state index contributed by atoms with van der Waals surface area (Å²) in [7, 11) is -4.34. The van der Waals surface area contributed by atoms with Crippen LogP contribution in [0.2, 0.25) is 0 Å². The molecule has 0 heterocycles. The number of rotatable bonds is 9. The molecule has 0 aliphatic carbocycles. The van der Waals surface area contributed by atoms with E-state index < -0.39 is 46.6 Å². The van der Waals surface area contributed by atoms with E-state index in [4.69, 9.17) is 9.84 Å². The van der Waals surface area contributed by atoms with Gasteiger partial charge in [-0.1, -0.05) is 30.3 Å². The van der Waals surface area contributed by atoms with Crippen molar-refractivity contribution in [2.75, 3.05) is 17.5 Å². The predicted octanol–water partition coefficient (Wildman–Crippen LogP) is 4.17. The summed E-state index contributed by atoms with van der Waals surface area (Å²) < 4.78 is 73.0. The molecule has 2 N–H and O–H groups in total. The number of anilines is 1. The van der Waals surface area contributed by atoms with Crippen molar-refractivity contribution >= 4 is 21.7 Å². The van der Waals surface area contributed by atoms with E-state index in [1.165, 1.54) is 48.5 Å². The quantitative estimate of drug-likeness (QED) is 0.462. The number of halogens is 3. The molecule has 0 unspecified atom stereocenters. The smallest absolute Gasteiger partial charge is 0.416 e. The molecule has 0 aliphatic rings. The van der Waals surface area contributed by atoms with Gasteiger partial charge in [0, 0.05) is 0 Å². The first kappa shape index (κ1) is 25.1. The predicted molar refractivity (Wildman–Crippen MR) is 117 cm³/mol. The number of aromatic carboxylic acids is 1. The fourth-order valence-corrected chi connectivity index (χ4v) is 4.58. The molecule has 3 aromatic rings. The Kier molecular flexibility index (Phi) is 7.48. The molecule has 34 heavy (non-hydrogen) atoms. The zero-order chi connectivity index (χ0) is 24.9. The molecular weight excluding hydrogens is 475 g/mol. The van der Waals surface area contributed by atoms with Gasteiger partial charge in [0.25, 0.3) is 10.0 Å². The zero-order valence-corrected chi connectivity index (χ0v) is 18.4. The Labute approximate surface area is 193 Å². The van der Waals surface area contributed by atoms with Gasteiger partial charge in [-0.05, 0) is 48.0 Å². The van der Waals surface area contributed by atoms with E-state index in [2.05, 4.69) is 0 Å². The van der Waals surface area contributed by atoms with Crippen molar-refractivity contribution in [1.29, 1.82) is 0 Å². The number of aliphatic hydroxyl groups is 1. The topological polar surface area (TPSA) is 104 Å². The summed E-state index contributed by atoms with van der Waals surface area (Å²) in [5.74, 6) is -1.29. The number of carbonyl (C=O) groups is 1. The normalized spacial score (nSPS) is 11.8. The second-order valence-electron chi connectivity index (χ2n) is 7.08. The van der Waals surface area contributed by atoms with Crippen molar-refractivity contribution in [2.45, 2.75) is 17.7 Å². The molecule has 3 rings (SSSR count). The summed E-state index contributed by atoms with van der Waals surface area (Å²) in [6, 6.07) is 15.1. The Bertz CT molecular complexity index is 1250. The van der Waals surface area contributed by atoms with E-state index in [0.29, 0.717) is 15.9 Å². The van der Waals surface area contributed by atoms with E-state index in [1.807, 2.05) is 0 Å². The zero-order valence-electron chi connectivity index (χ0n) is 17.6. The van der Waals surface area contributed by atoms with Gasteiger partial charge >= 0.3 is 12.1 Å². The van der Waals surface area contributed by atoms with Crippen LogP contribution in [-0.4, -0.2) is 37.8 Å². The second kappa shape index (κ2) is 10.1. The van der Waals surface area contributed by atoms with E-state index in [-0.39, 0.29) is 22.8 Å². The van der Waals surface area contributed by atoms with Crippen LogP contribution >= 0.6 is 0 Å². The molecule has 0 saturated carbocycles. The van der Waals surface area contributed by atoms with Gasteiger partial charge in [0.2, 0.25) is 0 Å². The molecule has 0 fully saturated rings. The highest BCUT2D eigenvalue weighted by Crippen LogP contribution is 2.39. The lowest BCUT2D eigenvalue weighted by molar-refractivity contribution is -0.137. The minimum atomic E-state index is -4.75. The molecule has 0 aromatic heterocycles. The summed E-state index contributed by atoms with van der Waals surface area (Å²) in [4.78, 5) is 10.8. The van der Waals surface area contributed by atoms with Crippen LogP contribution in [0, 0.1) is 0 Å². The third-order valence-electron chi connectivity index (χ3n) is 4.78. The standard InChI is InChI=1S/C23H20F3NO6S/c24-23(25,26)18-10-11-21(33-15-16-6-8-17(9-7-16)22(29)30)20(14-18)27(12-13-28)34(31,32)19-4-2-1-3-5-19/h1-11,14,28H,12-13,15H2,(H,29,30). The van der Waals surface area contributed by atoms with Gasteiger partial charge in [0.1, 0.15) is 12.4 Å². The van der Waals surface area contributed by atoms with Crippen LogP contribution in [0.25, 0.3) is 0 Å². The van der Waals surface area contributed by atoms with E-state index in [0.717, 1.165) is 12.1 Å². The van der Waals surface area contributed by atoms with Crippen LogP contribution in [0.5, 0.6) is 5.75 Å². The van der Waals surface area contributed by atoms with Crippen molar-refractivity contribution in [2.24, 2.45) is 0 Å². The van der Waals surface area contributed by atoms with Gasteiger partial charge in [0.05, 0.1) is 34.9 Å². The number of benzene rings is 3. The van der Waals surface area contributed by atoms with Crippen molar-refractivity contribution in [3.63, 3.8) is 0 Å². The number of ether oxygens (including phenoxy) is 1. The van der Waals surface area contributed by atoms with Gasteiger partial charge in [-0.2, -0.15) is 13.2 Å². The summed E-state index contributed by atoms with van der Waals surface area (Å²) in [5.41, 5.74) is -0.931. The monoisotopic (exact) mass is 495 g/mol. The van der Waals surface area contributed by atoms with Crippen LogP contribution in [0.4, 0.5) is 18.9 Å². The first-order valence-electron chi connectivity index (χ1n) is 9.89. The third kappa shape index (κ3) is 5.67. The second-order valence-corrected chi connectivity index (χ2v) is 8.95. The maximum absolute atomic E-state index is 13.4.